The Hall–Kier alpha value is -2.78. The Morgan fingerprint density at radius 2 is 1.36 bits per heavy atom. The van der Waals surface area contributed by atoms with Crippen molar-refractivity contribution in [3.05, 3.63) is 108 Å². The highest BCUT2D eigenvalue weighted by Crippen LogP contribution is 2.34. The number of hydrazone groups is 1. The summed E-state index contributed by atoms with van der Waals surface area (Å²) in [5, 5.41) is 8.16. The molecule has 122 valence electrons. The van der Waals surface area contributed by atoms with Crippen molar-refractivity contribution in [1.29, 1.82) is 0 Å². The summed E-state index contributed by atoms with van der Waals surface area (Å²) in [6.45, 7) is 0. The van der Waals surface area contributed by atoms with Gasteiger partial charge in [0.2, 0.25) is 0 Å². The van der Waals surface area contributed by atoms with E-state index >= 15 is 0 Å². The molecule has 0 amide bonds. The largest absolute Gasteiger partial charge is 0.247 e. The highest BCUT2D eigenvalue weighted by molar-refractivity contribution is 8.15. The van der Waals surface area contributed by atoms with Gasteiger partial charge in [-0.05, 0) is 23.8 Å². The van der Waals surface area contributed by atoms with Gasteiger partial charge in [-0.1, -0.05) is 96.7 Å². The molecule has 25 heavy (non-hydrogen) atoms. The maximum absolute atomic E-state index is 4.88. The van der Waals surface area contributed by atoms with E-state index < -0.39 is 0 Å². The van der Waals surface area contributed by atoms with Gasteiger partial charge in [0.15, 0.2) is 0 Å². The quantitative estimate of drug-likeness (QED) is 0.609. The first-order valence-corrected chi connectivity index (χ1v) is 9.16. The summed E-state index contributed by atoms with van der Waals surface area (Å²) >= 11 is 1.78. The second-order valence-corrected chi connectivity index (χ2v) is 6.83. The Kier molecular flexibility index (Phi) is 4.66. The lowest BCUT2D eigenvalue weighted by Crippen LogP contribution is -2.21. The second-order valence-electron chi connectivity index (χ2n) is 5.73. The third-order valence-electron chi connectivity index (χ3n) is 3.97. The van der Waals surface area contributed by atoms with Crippen LogP contribution in [0.5, 0.6) is 0 Å². The molecule has 3 heteroatoms. The van der Waals surface area contributed by atoms with Gasteiger partial charge in [-0.25, -0.2) is 5.01 Å². The molecule has 4 rings (SSSR count). The molecule has 2 nitrogen and oxygen atoms in total. The van der Waals surface area contributed by atoms with Crippen molar-refractivity contribution in [2.75, 3.05) is 5.01 Å². The van der Waals surface area contributed by atoms with Crippen LogP contribution in [0.1, 0.15) is 11.1 Å². The molecular weight excluding hydrogens is 324 g/mol. The number of benzene rings is 3. The molecule has 3 aromatic carbocycles. The van der Waals surface area contributed by atoms with Gasteiger partial charge in [0, 0.05) is 5.56 Å². The molecule has 1 aliphatic rings. The van der Waals surface area contributed by atoms with Crippen LogP contribution in [0, 0.1) is 0 Å². The number of hydrogen-bond acceptors (Lipinski definition) is 3. The summed E-state index contributed by atoms with van der Waals surface area (Å²) in [4.78, 5) is 0. The minimum atomic E-state index is 0.137. The molecule has 1 unspecified atom stereocenters. The summed E-state index contributed by atoms with van der Waals surface area (Å²) in [5.41, 5.74) is 3.46. The SMILES string of the molecule is C(=C\C1SC(c2ccccc2)=NN1c1ccccc1)/c1ccccc1. The van der Waals surface area contributed by atoms with Crippen molar-refractivity contribution in [1.82, 2.24) is 0 Å². The number of thioether (sulfide) groups is 1. The molecule has 0 aliphatic carbocycles. The zero-order valence-electron chi connectivity index (χ0n) is 13.7. The van der Waals surface area contributed by atoms with E-state index in [1.165, 1.54) is 5.56 Å². The first-order chi connectivity index (χ1) is 12.4. The second kappa shape index (κ2) is 7.41. The predicted octanol–water partition coefficient (Wildman–Crippen LogP) is 5.64. The Labute approximate surface area is 152 Å². The maximum Gasteiger partial charge on any atom is 0.126 e. The van der Waals surface area contributed by atoms with E-state index in [0.29, 0.717) is 0 Å². The van der Waals surface area contributed by atoms with E-state index in [4.69, 9.17) is 5.10 Å². The molecule has 1 aliphatic heterocycles. The number of hydrogen-bond donors (Lipinski definition) is 0. The number of anilines is 1. The summed E-state index contributed by atoms with van der Waals surface area (Å²) in [6, 6.07) is 31.1. The first-order valence-electron chi connectivity index (χ1n) is 8.28. The third-order valence-corrected chi connectivity index (χ3v) is 5.11. The lowest BCUT2D eigenvalue weighted by atomic mass is 10.2. The molecule has 0 fully saturated rings. The van der Waals surface area contributed by atoms with Crippen LogP contribution in [-0.4, -0.2) is 10.4 Å². The zero-order chi connectivity index (χ0) is 16.9. The third kappa shape index (κ3) is 3.67. The van der Waals surface area contributed by atoms with Gasteiger partial charge in [-0.3, -0.25) is 0 Å². The van der Waals surface area contributed by atoms with E-state index in [9.17, 15) is 0 Å². The number of rotatable bonds is 4. The molecule has 0 aromatic heterocycles. The van der Waals surface area contributed by atoms with E-state index in [-0.39, 0.29) is 5.37 Å². The van der Waals surface area contributed by atoms with Crippen LogP contribution in [0.2, 0.25) is 0 Å². The van der Waals surface area contributed by atoms with Gasteiger partial charge in [0.25, 0.3) is 0 Å². The van der Waals surface area contributed by atoms with Gasteiger partial charge >= 0.3 is 0 Å². The summed E-state index contributed by atoms with van der Waals surface area (Å²) < 4.78 is 0. The molecule has 0 bridgehead atoms. The average molecular weight is 342 g/mol. The summed E-state index contributed by atoms with van der Waals surface area (Å²) in [5.74, 6) is 0. The smallest absolute Gasteiger partial charge is 0.126 e. The van der Waals surface area contributed by atoms with Gasteiger partial charge in [0.05, 0.1) is 5.69 Å². The van der Waals surface area contributed by atoms with Crippen LogP contribution in [0.3, 0.4) is 0 Å². The van der Waals surface area contributed by atoms with Crippen molar-refractivity contribution >= 4 is 28.6 Å². The lowest BCUT2D eigenvalue weighted by Gasteiger charge is -2.19. The van der Waals surface area contributed by atoms with Crippen LogP contribution < -0.4 is 5.01 Å². The summed E-state index contributed by atoms with van der Waals surface area (Å²) in [7, 11) is 0. The van der Waals surface area contributed by atoms with Crippen molar-refractivity contribution < 1.29 is 0 Å². The molecule has 0 radical (unpaired) electrons. The lowest BCUT2D eigenvalue weighted by molar-refractivity contribution is 0.919. The average Bonchev–Trinajstić information content (AvgIpc) is 3.13. The Bertz CT molecular complexity index is 874. The Balaban J connectivity index is 1.65. The van der Waals surface area contributed by atoms with Gasteiger partial charge in [0.1, 0.15) is 10.4 Å². The fourth-order valence-electron chi connectivity index (χ4n) is 2.71. The van der Waals surface area contributed by atoms with Crippen molar-refractivity contribution in [2.24, 2.45) is 5.10 Å². The van der Waals surface area contributed by atoms with Gasteiger partial charge in [-0.2, -0.15) is 5.10 Å². The molecule has 0 N–H and O–H groups in total. The van der Waals surface area contributed by atoms with Crippen LogP contribution >= 0.6 is 11.8 Å². The number of para-hydroxylation sites is 1. The monoisotopic (exact) mass is 342 g/mol. The number of nitrogens with zero attached hydrogens (tertiary/aromatic N) is 2. The Morgan fingerprint density at radius 1 is 0.760 bits per heavy atom. The normalized spacial score (nSPS) is 17.0. The summed E-state index contributed by atoms with van der Waals surface area (Å²) in [6.07, 6.45) is 4.38. The van der Waals surface area contributed by atoms with Crippen molar-refractivity contribution in [3.63, 3.8) is 0 Å². The first kappa shape index (κ1) is 15.7. The maximum atomic E-state index is 4.88. The standard InChI is InChI=1S/C22H18N2S/c1-4-10-18(11-5-1)16-17-21-24(20-14-8-3-9-15-20)23-22(25-21)19-12-6-2-7-13-19/h1-17,21H/b17-16+. The zero-order valence-corrected chi connectivity index (χ0v) is 14.5. The van der Waals surface area contributed by atoms with E-state index in [1.54, 1.807) is 11.8 Å². The molecule has 0 saturated carbocycles. The van der Waals surface area contributed by atoms with Crippen molar-refractivity contribution in [2.45, 2.75) is 5.37 Å². The minimum absolute atomic E-state index is 0.137. The molecule has 1 heterocycles. The van der Waals surface area contributed by atoms with E-state index in [2.05, 4.69) is 77.8 Å². The molecular formula is C22H18N2S. The minimum Gasteiger partial charge on any atom is -0.247 e. The molecule has 0 spiro atoms. The topological polar surface area (TPSA) is 15.6 Å². The van der Waals surface area contributed by atoms with Crippen LogP contribution in [0.4, 0.5) is 5.69 Å². The predicted molar refractivity (Wildman–Crippen MR) is 109 cm³/mol. The van der Waals surface area contributed by atoms with Gasteiger partial charge in [-0.15, -0.1) is 0 Å². The van der Waals surface area contributed by atoms with Crippen molar-refractivity contribution in [3.8, 4) is 0 Å². The van der Waals surface area contributed by atoms with Crippen LogP contribution in [0.15, 0.2) is 102 Å². The fourth-order valence-corrected chi connectivity index (χ4v) is 3.77. The Morgan fingerprint density at radius 3 is 2.04 bits per heavy atom. The molecule has 3 aromatic rings. The van der Waals surface area contributed by atoms with Gasteiger partial charge < -0.3 is 0 Å². The van der Waals surface area contributed by atoms with E-state index in [0.717, 1.165) is 16.3 Å². The van der Waals surface area contributed by atoms with Crippen LogP contribution in [0.25, 0.3) is 6.08 Å². The molecule has 1 atom stereocenters. The molecule has 0 saturated heterocycles. The fraction of sp³-hybridized carbons (Fsp3) is 0.0455. The van der Waals surface area contributed by atoms with Crippen LogP contribution in [-0.2, 0) is 0 Å². The van der Waals surface area contributed by atoms with E-state index in [1.807, 2.05) is 30.3 Å². The highest BCUT2D eigenvalue weighted by Gasteiger charge is 2.27. The highest BCUT2D eigenvalue weighted by atomic mass is 32.2.